The number of hydrogen-bond acceptors (Lipinski definition) is 3. The van der Waals surface area contributed by atoms with Crippen molar-refractivity contribution in [2.75, 3.05) is 38.2 Å². The van der Waals surface area contributed by atoms with E-state index in [9.17, 15) is 14.0 Å². The second kappa shape index (κ2) is 8.75. The van der Waals surface area contributed by atoms with Gasteiger partial charge in [-0.05, 0) is 61.5 Å². The Morgan fingerprint density at radius 2 is 1.77 bits per heavy atom. The van der Waals surface area contributed by atoms with E-state index in [1.54, 1.807) is 9.80 Å². The number of halogens is 1. The Morgan fingerprint density at radius 1 is 1.12 bits per heavy atom. The van der Waals surface area contributed by atoms with Crippen LogP contribution in [0.2, 0.25) is 0 Å². The molecule has 1 aromatic carbocycles. The average molecular weight is 380 g/mol. The number of urea groups is 1. The number of benzene rings is 1. The number of carbonyl (C=O) groups is 2. The zero-order valence-corrected chi connectivity index (χ0v) is 15.9. The van der Waals surface area contributed by atoms with E-state index in [4.69, 9.17) is 0 Å². The summed E-state index contributed by atoms with van der Waals surface area (Å²) in [4.78, 5) is 28.6. The quantitative estimate of drug-likeness (QED) is 0.875. The Balaban J connectivity index is 1.48. The van der Waals surface area contributed by atoms with Crippen molar-refractivity contribution in [3.05, 3.63) is 35.6 Å². The van der Waals surface area contributed by atoms with E-state index < -0.39 is 0 Å². The molecule has 5 nitrogen and oxygen atoms in total. The Hall–Kier alpha value is -1.76. The maximum atomic E-state index is 13.0. The summed E-state index contributed by atoms with van der Waals surface area (Å²) in [6.07, 6.45) is 4.99. The van der Waals surface area contributed by atoms with Crippen molar-refractivity contribution in [2.45, 2.75) is 25.3 Å². The Labute approximate surface area is 158 Å². The summed E-state index contributed by atoms with van der Waals surface area (Å²) >= 11 is 1.86. The third-order valence-electron chi connectivity index (χ3n) is 5.13. The van der Waals surface area contributed by atoms with Crippen LogP contribution in [0.1, 0.15) is 29.6 Å². The first-order chi connectivity index (χ1) is 12.6. The minimum absolute atomic E-state index is 0.0197. The second-order valence-electron chi connectivity index (χ2n) is 7.08. The molecule has 0 bridgehead atoms. The molecule has 2 aliphatic rings. The number of hydrogen-bond donors (Lipinski definition) is 1. The molecule has 0 radical (unpaired) electrons. The van der Waals surface area contributed by atoms with Crippen LogP contribution in [0.25, 0.3) is 0 Å². The van der Waals surface area contributed by atoms with Gasteiger partial charge in [-0.15, -0.1) is 0 Å². The molecule has 1 heterocycles. The summed E-state index contributed by atoms with van der Waals surface area (Å²) in [7, 11) is 0. The minimum Gasteiger partial charge on any atom is -0.337 e. The van der Waals surface area contributed by atoms with E-state index in [0.717, 1.165) is 30.9 Å². The molecule has 1 aromatic rings. The number of nitrogens with one attached hydrogen (secondary N) is 1. The zero-order chi connectivity index (χ0) is 18.5. The Bertz CT molecular complexity index is 634. The molecule has 2 fully saturated rings. The van der Waals surface area contributed by atoms with Crippen LogP contribution in [0.4, 0.5) is 9.18 Å². The van der Waals surface area contributed by atoms with Crippen LogP contribution in [-0.4, -0.2) is 66.0 Å². The molecule has 26 heavy (non-hydrogen) atoms. The van der Waals surface area contributed by atoms with Crippen molar-refractivity contribution in [1.29, 1.82) is 0 Å². The van der Waals surface area contributed by atoms with Gasteiger partial charge in [0.05, 0.1) is 0 Å². The highest BCUT2D eigenvalue weighted by atomic mass is 32.2. The van der Waals surface area contributed by atoms with E-state index in [1.165, 1.54) is 24.3 Å². The van der Waals surface area contributed by atoms with Crippen LogP contribution >= 0.6 is 11.8 Å². The minimum atomic E-state index is -0.351. The fraction of sp³-hybridized carbons (Fsp3) is 0.579. The highest BCUT2D eigenvalue weighted by Crippen LogP contribution is 2.29. The van der Waals surface area contributed by atoms with Crippen molar-refractivity contribution in [2.24, 2.45) is 5.92 Å². The van der Waals surface area contributed by atoms with Gasteiger partial charge in [-0.1, -0.05) is 0 Å². The van der Waals surface area contributed by atoms with Gasteiger partial charge in [-0.25, -0.2) is 9.18 Å². The first-order valence-electron chi connectivity index (χ1n) is 9.16. The standard InChI is InChI=1S/C19H26FN3O2S/c1-26-13-14-11-17(12-14)21-19(25)23-8-2-7-22(9-10-23)18(24)15-3-5-16(20)6-4-15/h3-6,14,17H,2,7-13H2,1H3,(H,21,25). The first-order valence-corrected chi connectivity index (χ1v) is 10.6. The molecule has 0 spiro atoms. The lowest BCUT2D eigenvalue weighted by molar-refractivity contribution is 0.0762. The lowest BCUT2D eigenvalue weighted by Gasteiger charge is -2.36. The summed E-state index contributed by atoms with van der Waals surface area (Å²) in [5.41, 5.74) is 0.485. The molecule has 1 saturated carbocycles. The SMILES string of the molecule is CSCC1CC(NC(=O)N2CCCN(C(=O)c3ccc(F)cc3)CC2)C1. The van der Waals surface area contributed by atoms with Crippen LogP contribution in [0, 0.1) is 11.7 Å². The number of rotatable bonds is 4. The molecule has 142 valence electrons. The maximum Gasteiger partial charge on any atom is 0.317 e. The predicted octanol–water partition coefficient (Wildman–Crippen LogP) is 2.82. The third kappa shape index (κ3) is 4.69. The van der Waals surface area contributed by atoms with Gasteiger partial charge in [0.15, 0.2) is 0 Å². The lowest BCUT2D eigenvalue weighted by atomic mass is 9.82. The maximum absolute atomic E-state index is 13.0. The normalized spacial score (nSPS) is 23.2. The van der Waals surface area contributed by atoms with Gasteiger partial charge >= 0.3 is 6.03 Å². The number of nitrogens with zero attached hydrogens (tertiary/aromatic N) is 2. The molecule has 1 aliphatic heterocycles. The molecular formula is C19H26FN3O2S. The lowest BCUT2D eigenvalue weighted by Crippen LogP contribution is -2.51. The van der Waals surface area contributed by atoms with Gasteiger partial charge in [-0.2, -0.15) is 11.8 Å². The fourth-order valence-electron chi connectivity index (χ4n) is 3.59. The summed E-state index contributed by atoms with van der Waals surface area (Å²) in [6, 6.07) is 5.89. The van der Waals surface area contributed by atoms with Gasteiger partial charge in [0.1, 0.15) is 5.82 Å². The monoisotopic (exact) mass is 379 g/mol. The van der Waals surface area contributed by atoms with Crippen molar-refractivity contribution in [1.82, 2.24) is 15.1 Å². The smallest absolute Gasteiger partial charge is 0.317 e. The van der Waals surface area contributed by atoms with Crippen molar-refractivity contribution in [3.63, 3.8) is 0 Å². The summed E-state index contributed by atoms with van der Waals surface area (Å²) < 4.78 is 13.0. The molecule has 1 aliphatic carbocycles. The third-order valence-corrected chi connectivity index (χ3v) is 5.93. The highest BCUT2D eigenvalue weighted by Gasteiger charge is 2.31. The van der Waals surface area contributed by atoms with Crippen LogP contribution in [0.15, 0.2) is 24.3 Å². The molecule has 1 N–H and O–H groups in total. The highest BCUT2D eigenvalue weighted by molar-refractivity contribution is 7.98. The number of amides is 3. The second-order valence-corrected chi connectivity index (χ2v) is 7.99. The predicted molar refractivity (Wildman–Crippen MR) is 102 cm³/mol. The van der Waals surface area contributed by atoms with Gasteiger partial charge in [0.2, 0.25) is 0 Å². The van der Waals surface area contributed by atoms with Crippen molar-refractivity contribution >= 4 is 23.7 Å². The largest absolute Gasteiger partial charge is 0.337 e. The summed E-state index contributed by atoms with van der Waals surface area (Å²) in [5.74, 6) is 1.43. The molecular weight excluding hydrogens is 353 g/mol. The van der Waals surface area contributed by atoms with Gasteiger partial charge in [0.25, 0.3) is 5.91 Å². The van der Waals surface area contributed by atoms with E-state index in [0.29, 0.717) is 37.8 Å². The van der Waals surface area contributed by atoms with E-state index in [-0.39, 0.29) is 17.8 Å². The van der Waals surface area contributed by atoms with Crippen LogP contribution in [0.3, 0.4) is 0 Å². The summed E-state index contributed by atoms with van der Waals surface area (Å²) in [6.45, 7) is 2.29. The summed E-state index contributed by atoms with van der Waals surface area (Å²) in [5, 5.41) is 3.12. The van der Waals surface area contributed by atoms with E-state index in [2.05, 4.69) is 11.6 Å². The number of thioether (sulfide) groups is 1. The first kappa shape index (κ1) is 19.0. The average Bonchev–Trinajstić information content (AvgIpc) is 2.86. The van der Waals surface area contributed by atoms with Gasteiger partial charge in [-0.3, -0.25) is 4.79 Å². The van der Waals surface area contributed by atoms with Gasteiger partial charge < -0.3 is 15.1 Å². The van der Waals surface area contributed by atoms with Gasteiger partial charge in [0, 0.05) is 37.8 Å². The molecule has 0 atom stereocenters. The number of carbonyl (C=O) groups excluding carboxylic acids is 2. The van der Waals surface area contributed by atoms with Crippen LogP contribution < -0.4 is 5.32 Å². The van der Waals surface area contributed by atoms with E-state index >= 15 is 0 Å². The van der Waals surface area contributed by atoms with E-state index in [1.807, 2.05) is 11.8 Å². The molecule has 0 aromatic heterocycles. The van der Waals surface area contributed by atoms with Crippen molar-refractivity contribution in [3.8, 4) is 0 Å². The Morgan fingerprint density at radius 3 is 2.46 bits per heavy atom. The zero-order valence-electron chi connectivity index (χ0n) is 15.1. The molecule has 0 unspecified atom stereocenters. The fourth-order valence-corrected chi connectivity index (χ4v) is 4.33. The van der Waals surface area contributed by atoms with Crippen LogP contribution in [0.5, 0.6) is 0 Å². The van der Waals surface area contributed by atoms with Crippen molar-refractivity contribution < 1.29 is 14.0 Å². The molecule has 3 amide bonds. The topological polar surface area (TPSA) is 52.7 Å². The van der Waals surface area contributed by atoms with Crippen LogP contribution in [-0.2, 0) is 0 Å². The Kier molecular flexibility index (Phi) is 6.40. The molecule has 7 heteroatoms. The molecule has 1 saturated heterocycles. The molecule has 3 rings (SSSR count).